The smallest absolute Gasteiger partial charge is 0.281 e. The summed E-state index contributed by atoms with van der Waals surface area (Å²) in [5, 5.41) is 0. The molecule has 0 spiro atoms. The molecule has 0 bridgehead atoms. The third-order valence-electron chi connectivity index (χ3n) is 5.12. The Hall–Kier alpha value is -1.53. The van der Waals surface area contributed by atoms with Gasteiger partial charge in [0.1, 0.15) is 0 Å². The molecule has 0 saturated carbocycles. The molecule has 3 rings (SSSR count). The number of hydrogen-bond donors (Lipinski definition) is 0. The predicted octanol–water partition coefficient (Wildman–Crippen LogP) is 0.0353. The van der Waals surface area contributed by atoms with E-state index in [0.29, 0.717) is 31.7 Å². The van der Waals surface area contributed by atoms with E-state index in [1.54, 1.807) is 4.90 Å². The highest BCUT2D eigenvalue weighted by molar-refractivity contribution is 7.89. The zero-order chi connectivity index (χ0) is 20.5. The van der Waals surface area contributed by atoms with Crippen LogP contribution in [0, 0.1) is 0 Å². The van der Waals surface area contributed by atoms with Gasteiger partial charge in [-0.25, -0.2) is 8.42 Å². The van der Waals surface area contributed by atoms with E-state index in [-0.39, 0.29) is 23.9 Å². The summed E-state index contributed by atoms with van der Waals surface area (Å²) < 4.78 is 53.4. The van der Waals surface area contributed by atoms with E-state index >= 15 is 0 Å². The molecule has 11 heteroatoms. The molecule has 2 saturated heterocycles. The maximum atomic E-state index is 12.7. The van der Waals surface area contributed by atoms with Gasteiger partial charge in [-0.05, 0) is 37.1 Å². The molecule has 2 aliphatic rings. The average molecular weight is 431 g/mol. The van der Waals surface area contributed by atoms with Gasteiger partial charge in [0.15, 0.2) is 0 Å². The minimum absolute atomic E-state index is 0.188. The van der Waals surface area contributed by atoms with Crippen LogP contribution in [0.25, 0.3) is 0 Å². The van der Waals surface area contributed by atoms with Crippen LogP contribution in [0.3, 0.4) is 0 Å². The SMILES string of the molecule is CN(C)S(=O)(=O)N1CCN(C(=O)c2ccc(S(=O)(=O)N3CCCC3)cc2)CC1. The molecule has 2 fully saturated rings. The summed E-state index contributed by atoms with van der Waals surface area (Å²) in [4.78, 5) is 14.5. The monoisotopic (exact) mass is 430 g/mol. The van der Waals surface area contributed by atoms with Crippen molar-refractivity contribution in [2.24, 2.45) is 0 Å². The van der Waals surface area contributed by atoms with Crippen LogP contribution in [0.1, 0.15) is 23.2 Å². The average Bonchev–Trinajstić information content (AvgIpc) is 3.23. The van der Waals surface area contributed by atoms with E-state index in [2.05, 4.69) is 0 Å². The Morgan fingerprint density at radius 2 is 1.36 bits per heavy atom. The normalized spacial score (nSPS) is 20.0. The van der Waals surface area contributed by atoms with Crippen molar-refractivity contribution in [3.05, 3.63) is 29.8 Å². The van der Waals surface area contributed by atoms with E-state index in [0.717, 1.165) is 17.1 Å². The van der Waals surface area contributed by atoms with Crippen LogP contribution in [0.2, 0.25) is 0 Å². The van der Waals surface area contributed by atoms with Crippen molar-refractivity contribution in [3.63, 3.8) is 0 Å². The minimum Gasteiger partial charge on any atom is -0.336 e. The number of hydrogen-bond acceptors (Lipinski definition) is 5. The fraction of sp³-hybridized carbons (Fsp3) is 0.588. The van der Waals surface area contributed by atoms with Gasteiger partial charge in [0.05, 0.1) is 4.90 Å². The van der Waals surface area contributed by atoms with Crippen LogP contribution < -0.4 is 0 Å². The summed E-state index contributed by atoms with van der Waals surface area (Å²) in [5.41, 5.74) is 0.393. The summed E-state index contributed by atoms with van der Waals surface area (Å²) >= 11 is 0. The number of carbonyl (C=O) groups is 1. The Labute approximate surface area is 166 Å². The molecule has 28 heavy (non-hydrogen) atoms. The van der Waals surface area contributed by atoms with Gasteiger partial charge >= 0.3 is 0 Å². The zero-order valence-corrected chi connectivity index (χ0v) is 17.7. The first-order valence-electron chi connectivity index (χ1n) is 9.21. The van der Waals surface area contributed by atoms with E-state index in [1.165, 1.54) is 47.0 Å². The highest BCUT2D eigenvalue weighted by atomic mass is 32.2. The molecule has 1 amide bonds. The quantitative estimate of drug-likeness (QED) is 0.657. The largest absolute Gasteiger partial charge is 0.336 e. The Morgan fingerprint density at radius 1 is 0.821 bits per heavy atom. The lowest BCUT2D eigenvalue weighted by atomic mass is 10.2. The van der Waals surface area contributed by atoms with Gasteiger partial charge in [-0.3, -0.25) is 4.79 Å². The zero-order valence-electron chi connectivity index (χ0n) is 16.1. The topological polar surface area (TPSA) is 98.3 Å². The van der Waals surface area contributed by atoms with Crippen molar-refractivity contribution in [2.45, 2.75) is 17.7 Å². The maximum absolute atomic E-state index is 12.7. The molecule has 0 N–H and O–H groups in total. The van der Waals surface area contributed by atoms with Crippen molar-refractivity contribution in [2.75, 3.05) is 53.4 Å². The fourth-order valence-electron chi connectivity index (χ4n) is 3.38. The van der Waals surface area contributed by atoms with Crippen molar-refractivity contribution in [1.82, 2.24) is 17.8 Å². The summed E-state index contributed by atoms with van der Waals surface area (Å²) in [5.74, 6) is -0.230. The number of rotatable bonds is 5. The highest BCUT2D eigenvalue weighted by Crippen LogP contribution is 2.21. The molecule has 1 aromatic rings. The van der Waals surface area contributed by atoms with Crippen LogP contribution in [0.4, 0.5) is 0 Å². The number of sulfonamides is 1. The van der Waals surface area contributed by atoms with Crippen LogP contribution >= 0.6 is 0 Å². The molecule has 0 radical (unpaired) electrons. The third kappa shape index (κ3) is 4.08. The van der Waals surface area contributed by atoms with E-state index in [1.807, 2.05) is 0 Å². The third-order valence-corrected chi connectivity index (χ3v) is 8.97. The maximum Gasteiger partial charge on any atom is 0.281 e. The Bertz CT molecular complexity index is 915. The first-order valence-corrected chi connectivity index (χ1v) is 12.0. The first kappa shape index (κ1) is 21.2. The number of carbonyl (C=O) groups excluding carboxylic acids is 1. The lowest BCUT2D eigenvalue weighted by Crippen LogP contribution is -2.53. The number of benzene rings is 1. The first-order chi connectivity index (χ1) is 13.1. The second kappa shape index (κ2) is 8.07. The van der Waals surface area contributed by atoms with Crippen LogP contribution in [-0.4, -0.2) is 93.9 Å². The fourth-order valence-corrected chi connectivity index (χ4v) is 5.99. The second-order valence-corrected chi connectivity index (χ2v) is 11.2. The standard InChI is InChI=1S/C17H26N4O5S2/c1-18(2)28(25,26)21-13-11-19(12-14-21)17(22)15-5-7-16(8-6-15)27(23,24)20-9-3-4-10-20/h5-8H,3-4,9-14H2,1-2H3. The van der Waals surface area contributed by atoms with Gasteiger partial charge in [0.2, 0.25) is 10.0 Å². The van der Waals surface area contributed by atoms with Gasteiger partial charge in [-0.15, -0.1) is 0 Å². The molecular weight excluding hydrogens is 404 g/mol. The number of amides is 1. The molecular formula is C17H26N4O5S2. The highest BCUT2D eigenvalue weighted by Gasteiger charge is 2.31. The predicted molar refractivity (Wildman–Crippen MR) is 105 cm³/mol. The molecule has 2 aliphatic heterocycles. The van der Waals surface area contributed by atoms with Gasteiger partial charge in [0, 0.05) is 58.9 Å². The van der Waals surface area contributed by atoms with Crippen LogP contribution in [0.15, 0.2) is 29.2 Å². The lowest BCUT2D eigenvalue weighted by Gasteiger charge is -2.35. The lowest BCUT2D eigenvalue weighted by molar-refractivity contribution is 0.0695. The van der Waals surface area contributed by atoms with Crippen molar-refractivity contribution >= 4 is 26.1 Å². The number of nitrogens with zero attached hydrogens (tertiary/aromatic N) is 4. The van der Waals surface area contributed by atoms with Gasteiger partial charge in [-0.2, -0.15) is 21.3 Å². The molecule has 0 atom stereocenters. The molecule has 2 heterocycles. The summed E-state index contributed by atoms with van der Waals surface area (Å²) in [7, 11) is -4.04. The minimum atomic E-state index is -3.51. The molecule has 1 aromatic carbocycles. The molecule has 0 aromatic heterocycles. The molecule has 9 nitrogen and oxygen atoms in total. The molecule has 0 unspecified atom stereocenters. The van der Waals surface area contributed by atoms with Crippen molar-refractivity contribution in [3.8, 4) is 0 Å². The van der Waals surface area contributed by atoms with Gasteiger partial charge in [-0.1, -0.05) is 0 Å². The Morgan fingerprint density at radius 3 is 1.86 bits per heavy atom. The summed E-state index contributed by atoms with van der Waals surface area (Å²) in [6, 6.07) is 5.98. The van der Waals surface area contributed by atoms with E-state index in [9.17, 15) is 21.6 Å². The van der Waals surface area contributed by atoms with E-state index in [4.69, 9.17) is 0 Å². The van der Waals surface area contributed by atoms with Gasteiger partial charge < -0.3 is 4.90 Å². The number of piperazine rings is 1. The van der Waals surface area contributed by atoms with Gasteiger partial charge in [0.25, 0.3) is 16.1 Å². The van der Waals surface area contributed by atoms with E-state index < -0.39 is 20.2 Å². The Balaban J connectivity index is 1.66. The molecule has 156 valence electrons. The van der Waals surface area contributed by atoms with Crippen molar-refractivity contribution in [1.29, 1.82) is 0 Å². The van der Waals surface area contributed by atoms with Crippen LogP contribution in [0.5, 0.6) is 0 Å². The summed E-state index contributed by atoms with van der Waals surface area (Å²) in [6.45, 7) is 2.10. The summed E-state index contributed by atoms with van der Waals surface area (Å²) in [6.07, 6.45) is 1.73. The Kier molecular flexibility index (Phi) is 6.11. The molecule has 0 aliphatic carbocycles. The van der Waals surface area contributed by atoms with Crippen LogP contribution in [-0.2, 0) is 20.2 Å². The van der Waals surface area contributed by atoms with Crippen molar-refractivity contribution < 1.29 is 21.6 Å². The second-order valence-electron chi connectivity index (χ2n) is 7.12.